The molecule has 0 aliphatic rings. The number of carbonyl (C=O) groups excluding carboxylic acids is 1. The Labute approximate surface area is 127 Å². The van der Waals surface area contributed by atoms with E-state index in [1.54, 1.807) is 0 Å². The van der Waals surface area contributed by atoms with Gasteiger partial charge < -0.3 is 14.8 Å². The lowest BCUT2D eigenvalue weighted by Crippen LogP contribution is -2.39. The summed E-state index contributed by atoms with van der Waals surface area (Å²) in [5.41, 5.74) is 1.19. The van der Waals surface area contributed by atoms with Gasteiger partial charge in [-0.3, -0.25) is 4.79 Å². The normalized spacial score (nSPS) is 12.0. The molecular formula is C17H27NO3. The van der Waals surface area contributed by atoms with E-state index in [0.717, 1.165) is 25.1 Å². The van der Waals surface area contributed by atoms with Gasteiger partial charge in [-0.05, 0) is 37.9 Å². The van der Waals surface area contributed by atoms with Crippen molar-refractivity contribution >= 4 is 5.97 Å². The van der Waals surface area contributed by atoms with E-state index in [9.17, 15) is 4.79 Å². The van der Waals surface area contributed by atoms with E-state index in [1.807, 2.05) is 25.1 Å². The summed E-state index contributed by atoms with van der Waals surface area (Å²) in [5.74, 6) is 0.705. The highest BCUT2D eigenvalue weighted by atomic mass is 16.5. The number of rotatable bonds is 10. The third kappa shape index (κ3) is 6.17. The first kappa shape index (κ1) is 17.5. The van der Waals surface area contributed by atoms with E-state index >= 15 is 0 Å². The minimum absolute atomic E-state index is 0.196. The lowest BCUT2D eigenvalue weighted by Gasteiger charge is -2.17. The second kappa shape index (κ2) is 10.2. The first-order valence-corrected chi connectivity index (χ1v) is 7.83. The van der Waals surface area contributed by atoms with Gasteiger partial charge in [0, 0.05) is 6.42 Å². The van der Waals surface area contributed by atoms with Crippen molar-refractivity contribution in [3.05, 3.63) is 29.8 Å². The molecule has 0 aliphatic carbocycles. The van der Waals surface area contributed by atoms with Crippen LogP contribution in [0.25, 0.3) is 0 Å². The van der Waals surface area contributed by atoms with E-state index in [2.05, 4.69) is 25.2 Å². The van der Waals surface area contributed by atoms with Gasteiger partial charge in [0.15, 0.2) is 0 Å². The summed E-state index contributed by atoms with van der Waals surface area (Å²) < 4.78 is 10.9. The van der Waals surface area contributed by atoms with Crippen LogP contribution in [0.1, 0.15) is 39.2 Å². The molecule has 0 radical (unpaired) electrons. The van der Waals surface area contributed by atoms with Gasteiger partial charge in [-0.1, -0.05) is 32.0 Å². The van der Waals surface area contributed by atoms with E-state index < -0.39 is 0 Å². The highest BCUT2D eigenvalue weighted by Crippen LogP contribution is 2.18. The maximum atomic E-state index is 11.9. The molecule has 1 N–H and O–H groups in total. The molecular weight excluding hydrogens is 266 g/mol. The molecule has 0 aromatic heterocycles. The zero-order chi connectivity index (χ0) is 15.5. The summed E-state index contributed by atoms with van der Waals surface area (Å²) in [4.78, 5) is 11.9. The molecule has 4 heteroatoms. The number of esters is 1. The molecule has 1 atom stereocenters. The van der Waals surface area contributed by atoms with Gasteiger partial charge in [0.1, 0.15) is 11.8 Å². The summed E-state index contributed by atoms with van der Waals surface area (Å²) in [6, 6.07) is 7.71. The summed E-state index contributed by atoms with van der Waals surface area (Å²) in [7, 11) is 0. The molecule has 118 valence electrons. The summed E-state index contributed by atoms with van der Waals surface area (Å²) >= 11 is 0. The average molecular weight is 293 g/mol. The van der Waals surface area contributed by atoms with Crippen molar-refractivity contribution in [3.63, 3.8) is 0 Å². The summed E-state index contributed by atoms with van der Waals surface area (Å²) in [6.07, 6.45) is 2.53. The molecule has 0 aliphatic heterocycles. The Morgan fingerprint density at radius 1 is 1.24 bits per heavy atom. The monoisotopic (exact) mass is 293 g/mol. The average Bonchev–Trinajstić information content (AvgIpc) is 2.51. The second-order valence-electron chi connectivity index (χ2n) is 4.86. The Hall–Kier alpha value is -1.55. The Kier molecular flexibility index (Phi) is 8.51. The Morgan fingerprint density at radius 3 is 2.67 bits per heavy atom. The highest BCUT2D eigenvalue weighted by Gasteiger charge is 2.18. The lowest BCUT2D eigenvalue weighted by atomic mass is 10.1. The van der Waals surface area contributed by atoms with Gasteiger partial charge in [-0.15, -0.1) is 0 Å². The SMILES string of the molecule is CCCNC(CCOc1ccccc1CC)C(=O)OCC. The van der Waals surface area contributed by atoms with Crippen LogP contribution in [0, 0.1) is 0 Å². The third-order valence-electron chi connectivity index (χ3n) is 3.23. The topological polar surface area (TPSA) is 47.6 Å². The maximum Gasteiger partial charge on any atom is 0.323 e. The van der Waals surface area contributed by atoms with Crippen molar-refractivity contribution < 1.29 is 14.3 Å². The number of aryl methyl sites for hydroxylation is 1. The van der Waals surface area contributed by atoms with Gasteiger partial charge >= 0.3 is 5.97 Å². The number of hydrogen-bond acceptors (Lipinski definition) is 4. The molecule has 0 saturated carbocycles. The van der Waals surface area contributed by atoms with Gasteiger partial charge in [0.2, 0.25) is 0 Å². The van der Waals surface area contributed by atoms with Crippen molar-refractivity contribution in [2.45, 2.75) is 46.1 Å². The molecule has 1 unspecified atom stereocenters. The van der Waals surface area contributed by atoms with Crippen LogP contribution >= 0.6 is 0 Å². The fourth-order valence-corrected chi connectivity index (χ4v) is 2.09. The predicted molar refractivity (Wildman–Crippen MR) is 84.6 cm³/mol. The molecule has 1 aromatic rings. The van der Waals surface area contributed by atoms with Crippen LogP contribution in [0.15, 0.2) is 24.3 Å². The van der Waals surface area contributed by atoms with Gasteiger partial charge in [0.05, 0.1) is 13.2 Å². The third-order valence-corrected chi connectivity index (χ3v) is 3.23. The van der Waals surface area contributed by atoms with Gasteiger partial charge in [-0.2, -0.15) is 0 Å². The number of hydrogen-bond donors (Lipinski definition) is 1. The van der Waals surface area contributed by atoms with Crippen LogP contribution in [-0.2, 0) is 16.0 Å². The quantitative estimate of drug-likeness (QED) is 0.674. The number of para-hydroxylation sites is 1. The van der Waals surface area contributed by atoms with Crippen LogP contribution in [0.4, 0.5) is 0 Å². The largest absolute Gasteiger partial charge is 0.493 e. The van der Waals surface area contributed by atoms with Gasteiger partial charge in [-0.25, -0.2) is 0 Å². The Bertz CT molecular complexity index is 420. The van der Waals surface area contributed by atoms with Crippen LogP contribution < -0.4 is 10.1 Å². The molecule has 0 spiro atoms. The van der Waals surface area contributed by atoms with Crippen molar-refractivity contribution in [1.82, 2.24) is 5.32 Å². The van der Waals surface area contributed by atoms with Crippen LogP contribution in [0.2, 0.25) is 0 Å². The second-order valence-corrected chi connectivity index (χ2v) is 4.86. The minimum atomic E-state index is -0.293. The van der Waals surface area contributed by atoms with Crippen LogP contribution in [-0.4, -0.2) is 31.8 Å². The number of nitrogens with one attached hydrogen (secondary N) is 1. The number of carbonyl (C=O) groups is 1. The summed E-state index contributed by atoms with van der Waals surface area (Å²) in [6.45, 7) is 7.70. The lowest BCUT2D eigenvalue weighted by molar-refractivity contribution is -0.146. The zero-order valence-electron chi connectivity index (χ0n) is 13.4. The molecule has 0 heterocycles. The van der Waals surface area contributed by atoms with Crippen molar-refractivity contribution in [2.75, 3.05) is 19.8 Å². The number of benzene rings is 1. The predicted octanol–water partition coefficient (Wildman–Crippen LogP) is 2.95. The van der Waals surface area contributed by atoms with Crippen LogP contribution in [0.3, 0.4) is 0 Å². The summed E-state index contributed by atoms with van der Waals surface area (Å²) in [5, 5.41) is 3.21. The van der Waals surface area contributed by atoms with E-state index in [4.69, 9.17) is 9.47 Å². The van der Waals surface area contributed by atoms with E-state index in [0.29, 0.717) is 19.6 Å². The molecule has 0 bridgehead atoms. The molecule has 1 rings (SSSR count). The van der Waals surface area contributed by atoms with Crippen molar-refractivity contribution in [2.24, 2.45) is 0 Å². The van der Waals surface area contributed by atoms with Crippen molar-refractivity contribution in [1.29, 1.82) is 0 Å². The standard InChI is InChI=1S/C17H27NO3/c1-4-12-18-15(17(19)20-6-3)11-13-21-16-10-8-7-9-14(16)5-2/h7-10,15,18H,4-6,11-13H2,1-3H3. The number of ether oxygens (including phenoxy) is 2. The minimum Gasteiger partial charge on any atom is -0.493 e. The molecule has 21 heavy (non-hydrogen) atoms. The highest BCUT2D eigenvalue weighted by molar-refractivity contribution is 5.75. The molecule has 0 amide bonds. The Morgan fingerprint density at radius 2 is 2.00 bits per heavy atom. The molecule has 4 nitrogen and oxygen atoms in total. The van der Waals surface area contributed by atoms with Gasteiger partial charge in [0.25, 0.3) is 0 Å². The smallest absolute Gasteiger partial charge is 0.323 e. The van der Waals surface area contributed by atoms with Crippen LogP contribution in [0.5, 0.6) is 5.75 Å². The molecule has 0 fully saturated rings. The van der Waals surface area contributed by atoms with E-state index in [1.165, 1.54) is 5.56 Å². The zero-order valence-corrected chi connectivity index (χ0v) is 13.4. The first-order valence-electron chi connectivity index (χ1n) is 7.83. The van der Waals surface area contributed by atoms with Crippen molar-refractivity contribution in [3.8, 4) is 5.75 Å². The fourth-order valence-electron chi connectivity index (χ4n) is 2.09. The first-order chi connectivity index (χ1) is 10.2. The maximum absolute atomic E-state index is 11.9. The Balaban J connectivity index is 2.50. The molecule has 1 aromatic carbocycles. The fraction of sp³-hybridized carbons (Fsp3) is 0.588. The van der Waals surface area contributed by atoms with E-state index in [-0.39, 0.29) is 12.0 Å². The molecule has 0 saturated heterocycles.